The van der Waals surface area contributed by atoms with Crippen LogP contribution in [0.4, 0.5) is 0 Å². The molecule has 2 nitrogen and oxygen atoms in total. The van der Waals surface area contributed by atoms with Crippen molar-refractivity contribution in [2.75, 3.05) is 0 Å². The highest BCUT2D eigenvalue weighted by Crippen LogP contribution is 2.07. The van der Waals surface area contributed by atoms with Crippen molar-refractivity contribution in [2.45, 2.75) is 0 Å². The van der Waals surface area contributed by atoms with E-state index >= 15 is 0 Å². The van der Waals surface area contributed by atoms with Gasteiger partial charge < -0.3 is 0 Å². The number of hydrogen-bond donors (Lipinski definition) is 0. The van der Waals surface area contributed by atoms with Gasteiger partial charge in [0.1, 0.15) is 11.2 Å². The highest BCUT2D eigenvalue weighted by Gasteiger charge is 1.95. The lowest BCUT2D eigenvalue weighted by Gasteiger charge is -1.86. The molecule has 0 amide bonds. The Hall–Kier alpha value is -1.07. The number of aromatic nitrogens is 1. The molecule has 0 saturated heterocycles. The van der Waals surface area contributed by atoms with Gasteiger partial charge in [-0.25, -0.2) is 4.98 Å². The molecule has 0 aliphatic heterocycles. The summed E-state index contributed by atoms with van der Waals surface area (Å²) in [5, 5.41) is 8.52. The van der Waals surface area contributed by atoms with E-state index in [1.54, 1.807) is 6.07 Å². The number of nitriles is 1. The Morgan fingerprint density at radius 1 is 1.78 bits per heavy atom. The fraction of sp³-hybridized carbons (Fsp3) is 0. The van der Waals surface area contributed by atoms with E-state index in [0.717, 1.165) is 0 Å². The summed E-state index contributed by atoms with van der Waals surface area (Å²) in [6, 6.07) is 6.02. The van der Waals surface area contributed by atoms with Gasteiger partial charge in [-0.3, -0.25) is 0 Å². The quantitative estimate of drug-likeness (QED) is 0.507. The zero-order chi connectivity index (χ0) is 6.69. The van der Waals surface area contributed by atoms with Crippen LogP contribution < -0.4 is 0 Å². The molecule has 0 aliphatic rings. The normalized spacial score (nSPS) is 8.44. The number of pyridine rings is 1. The van der Waals surface area contributed by atoms with Crippen molar-refractivity contribution in [1.82, 2.24) is 4.98 Å². The van der Waals surface area contributed by atoms with E-state index in [9.17, 15) is 0 Å². The van der Waals surface area contributed by atoms with Crippen LogP contribution in [-0.2, 0) is 0 Å². The number of nitrogens with zero attached hydrogens (tertiary/aromatic N) is 2. The van der Waals surface area contributed by atoms with Crippen molar-refractivity contribution in [3.05, 3.63) is 29.0 Å². The molecule has 0 spiro atoms. The van der Waals surface area contributed by atoms with Gasteiger partial charge in [-0.1, -0.05) is 11.6 Å². The average Bonchev–Trinajstić information content (AvgIpc) is 1.89. The minimum atomic E-state index is 0.208. The zero-order valence-corrected chi connectivity index (χ0v) is 5.18. The maximum absolute atomic E-state index is 8.31. The Bertz CT molecular complexity index is 251. The van der Waals surface area contributed by atoms with Crippen LogP contribution in [0.3, 0.4) is 0 Å². The highest BCUT2D eigenvalue weighted by atomic mass is 35.5. The minimum Gasteiger partial charge on any atom is -0.243 e. The van der Waals surface area contributed by atoms with Crippen molar-refractivity contribution < 1.29 is 0 Å². The third-order valence-electron chi connectivity index (χ3n) is 0.808. The minimum absolute atomic E-state index is 0.208. The van der Waals surface area contributed by atoms with Gasteiger partial charge in [0, 0.05) is 12.3 Å². The molecular weight excluding hydrogens is 136 g/mol. The molecule has 43 valence electrons. The van der Waals surface area contributed by atoms with E-state index in [4.69, 9.17) is 16.9 Å². The van der Waals surface area contributed by atoms with Gasteiger partial charge in [-0.2, -0.15) is 5.26 Å². The van der Waals surface area contributed by atoms with Crippen LogP contribution in [0.5, 0.6) is 0 Å². The van der Waals surface area contributed by atoms with Crippen LogP contribution in [0.15, 0.2) is 12.3 Å². The first-order valence-corrected chi connectivity index (χ1v) is 2.64. The Kier molecular flexibility index (Phi) is 1.66. The van der Waals surface area contributed by atoms with Gasteiger partial charge in [0.15, 0.2) is 0 Å². The first-order chi connectivity index (χ1) is 4.34. The molecule has 1 aromatic heterocycles. The molecule has 0 unspecified atom stereocenters. The van der Waals surface area contributed by atoms with Gasteiger partial charge >= 0.3 is 0 Å². The van der Waals surface area contributed by atoms with Crippen molar-refractivity contribution in [2.24, 2.45) is 0 Å². The van der Waals surface area contributed by atoms with Crippen LogP contribution in [0, 0.1) is 17.4 Å². The molecule has 0 N–H and O–H groups in total. The average molecular weight is 138 g/mol. The van der Waals surface area contributed by atoms with Crippen LogP contribution >= 0.6 is 11.6 Å². The largest absolute Gasteiger partial charge is 0.243 e. The summed E-state index contributed by atoms with van der Waals surface area (Å²) in [5.74, 6) is 0. The molecule has 3 heteroatoms. The number of rotatable bonds is 0. The van der Waals surface area contributed by atoms with Gasteiger partial charge in [0.2, 0.25) is 0 Å². The lowest BCUT2D eigenvalue weighted by molar-refractivity contribution is 1.30. The fourth-order valence-corrected chi connectivity index (χ4v) is 0.579. The van der Waals surface area contributed by atoms with Gasteiger partial charge in [0.05, 0.1) is 5.56 Å². The second-order valence-electron chi connectivity index (χ2n) is 1.37. The van der Waals surface area contributed by atoms with E-state index in [1.807, 2.05) is 6.07 Å². The van der Waals surface area contributed by atoms with Crippen LogP contribution in [0.25, 0.3) is 0 Å². The first kappa shape index (κ1) is 6.06. The van der Waals surface area contributed by atoms with E-state index in [2.05, 4.69) is 11.1 Å². The Balaban J connectivity index is 3.20. The number of hydrogen-bond acceptors (Lipinski definition) is 2. The lowest BCUT2D eigenvalue weighted by atomic mass is 10.3. The molecule has 0 saturated carbocycles. The topological polar surface area (TPSA) is 36.7 Å². The summed E-state index contributed by atoms with van der Waals surface area (Å²) in [5.41, 5.74) is 0.291. The Morgan fingerprint density at radius 3 is 3.00 bits per heavy atom. The van der Waals surface area contributed by atoms with Crippen LogP contribution in [0.1, 0.15) is 5.56 Å². The SMILES string of the molecule is N#Cc1[c]ccnc1Cl. The predicted octanol–water partition coefficient (Wildman–Crippen LogP) is 1.41. The van der Waals surface area contributed by atoms with Crippen molar-refractivity contribution in [3.63, 3.8) is 0 Å². The van der Waals surface area contributed by atoms with E-state index in [1.165, 1.54) is 6.20 Å². The van der Waals surface area contributed by atoms with Gasteiger partial charge in [-0.15, -0.1) is 0 Å². The number of halogens is 1. The van der Waals surface area contributed by atoms with Gasteiger partial charge in [-0.05, 0) is 6.07 Å². The smallest absolute Gasteiger partial charge is 0.147 e. The summed E-state index contributed by atoms with van der Waals surface area (Å²) in [4.78, 5) is 3.66. The molecule has 0 bridgehead atoms. The van der Waals surface area contributed by atoms with E-state index in [0.29, 0.717) is 5.56 Å². The molecule has 0 aliphatic carbocycles. The van der Waals surface area contributed by atoms with Crippen molar-refractivity contribution in [1.29, 1.82) is 5.26 Å². The third kappa shape index (κ3) is 1.18. The summed E-state index contributed by atoms with van der Waals surface area (Å²) >= 11 is 5.46. The maximum atomic E-state index is 8.31. The summed E-state index contributed by atoms with van der Waals surface area (Å²) in [7, 11) is 0. The second-order valence-corrected chi connectivity index (χ2v) is 1.72. The standard InChI is InChI=1S/C6H2ClN2/c7-6-5(4-8)2-1-3-9-6/h1,3H. The highest BCUT2D eigenvalue weighted by molar-refractivity contribution is 6.30. The monoisotopic (exact) mass is 137 g/mol. The Morgan fingerprint density at radius 2 is 2.56 bits per heavy atom. The Labute approximate surface area is 57.7 Å². The van der Waals surface area contributed by atoms with Crippen molar-refractivity contribution >= 4 is 11.6 Å². The molecule has 1 heterocycles. The molecule has 1 aromatic rings. The maximum Gasteiger partial charge on any atom is 0.147 e. The summed E-state index contributed by atoms with van der Waals surface area (Å²) < 4.78 is 0. The van der Waals surface area contributed by atoms with Crippen molar-refractivity contribution in [3.8, 4) is 6.07 Å². The molecule has 9 heavy (non-hydrogen) atoms. The first-order valence-electron chi connectivity index (χ1n) is 2.27. The van der Waals surface area contributed by atoms with Gasteiger partial charge in [0.25, 0.3) is 0 Å². The zero-order valence-electron chi connectivity index (χ0n) is 4.43. The molecule has 0 atom stereocenters. The second kappa shape index (κ2) is 2.47. The lowest BCUT2D eigenvalue weighted by Crippen LogP contribution is -1.78. The molecule has 0 fully saturated rings. The summed E-state index contributed by atoms with van der Waals surface area (Å²) in [6.07, 6.45) is 1.49. The molecule has 1 radical (unpaired) electrons. The van der Waals surface area contributed by atoms with E-state index in [-0.39, 0.29) is 5.15 Å². The third-order valence-corrected chi connectivity index (χ3v) is 1.09. The molecule has 0 aromatic carbocycles. The summed E-state index contributed by atoms with van der Waals surface area (Å²) in [6.45, 7) is 0. The molecular formula is C6H2ClN2. The predicted molar refractivity (Wildman–Crippen MR) is 32.8 cm³/mol. The van der Waals surface area contributed by atoms with Crippen LogP contribution in [-0.4, -0.2) is 4.98 Å². The fourth-order valence-electron chi connectivity index (χ4n) is 0.426. The molecule has 1 rings (SSSR count). The van der Waals surface area contributed by atoms with E-state index < -0.39 is 0 Å². The van der Waals surface area contributed by atoms with Crippen LogP contribution in [0.2, 0.25) is 5.15 Å².